The number of amides is 1. The standard InChI is InChI=1S/C22H20N6OS/c29-21(16-6-7-19-20(12-16)30-15-25-19)26-17-13-23-22(24-14-17)28-10-8-27(9-11-28)18-4-2-1-3-5-18/h1-7,12-15H,8-11H2,(H,26,29). The molecule has 2 aromatic heterocycles. The minimum Gasteiger partial charge on any atom is -0.368 e. The van der Waals surface area contributed by atoms with E-state index in [1.165, 1.54) is 17.0 Å². The van der Waals surface area contributed by atoms with E-state index in [4.69, 9.17) is 0 Å². The molecule has 1 fully saturated rings. The molecule has 5 rings (SSSR count). The molecule has 0 atom stereocenters. The van der Waals surface area contributed by atoms with E-state index in [2.05, 4.69) is 54.3 Å². The van der Waals surface area contributed by atoms with Crippen LogP contribution in [-0.2, 0) is 0 Å². The Bertz CT molecular complexity index is 1150. The highest BCUT2D eigenvalue weighted by atomic mass is 32.1. The molecular weight excluding hydrogens is 396 g/mol. The van der Waals surface area contributed by atoms with Crippen molar-refractivity contribution in [3.8, 4) is 0 Å². The van der Waals surface area contributed by atoms with Gasteiger partial charge < -0.3 is 15.1 Å². The zero-order valence-electron chi connectivity index (χ0n) is 16.2. The number of carbonyl (C=O) groups excluding carboxylic acids is 1. The number of carbonyl (C=O) groups is 1. The molecule has 0 saturated carbocycles. The van der Waals surface area contributed by atoms with Gasteiger partial charge in [0.2, 0.25) is 5.95 Å². The summed E-state index contributed by atoms with van der Waals surface area (Å²) in [4.78, 5) is 30.2. The number of hydrogen-bond donors (Lipinski definition) is 1. The fraction of sp³-hybridized carbons (Fsp3) is 0.182. The van der Waals surface area contributed by atoms with Gasteiger partial charge in [0.15, 0.2) is 0 Å². The second kappa shape index (κ2) is 8.08. The maximum Gasteiger partial charge on any atom is 0.255 e. The summed E-state index contributed by atoms with van der Waals surface area (Å²) in [5.41, 5.74) is 5.09. The van der Waals surface area contributed by atoms with E-state index in [0.29, 0.717) is 17.2 Å². The molecule has 0 unspecified atom stereocenters. The van der Waals surface area contributed by atoms with Crippen LogP contribution in [0.15, 0.2) is 66.4 Å². The third kappa shape index (κ3) is 3.81. The Morgan fingerprint density at radius 3 is 2.40 bits per heavy atom. The molecule has 30 heavy (non-hydrogen) atoms. The van der Waals surface area contributed by atoms with Gasteiger partial charge in [0.25, 0.3) is 5.91 Å². The molecule has 1 saturated heterocycles. The van der Waals surface area contributed by atoms with E-state index in [-0.39, 0.29) is 5.91 Å². The van der Waals surface area contributed by atoms with Gasteiger partial charge >= 0.3 is 0 Å². The first-order chi connectivity index (χ1) is 14.8. The minimum atomic E-state index is -0.182. The first kappa shape index (κ1) is 18.5. The molecule has 4 aromatic rings. The molecule has 2 aromatic carbocycles. The summed E-state index contributed by atoms with van der Waals surface area (Å²) in [6.07, 6.45) is 3.32. The van der Waals surface area contributed by atoms with E-state index < -0.39 is 0 Å². The molecule has 0 aliphatic carbocycles. The average molecular weight is 417 g/mol. The van der Waals surface area contributed by atoms with Crippen LogP contribution in [0.2, 0.25) is 0 Å². The molecule has 150 valence electrons. The van der Waals surface area contributed by atoms with Crippen molar-refractivity contribution in [1.29, 1.82) is 0 Å². The van der Waals surface area contributed by atoms with Gasteiger partial charge in [0, 0.05) is 37.4 Å². The summed E-state index contributed by atoms with van der Waals surface area (Å²) in [7, 11) is 0. The molecule has 0 radical (unpaired) electrons. The number of benzene rings is 2. The van der Waals surface area contributed by atoms with Gasteiger partial charge in [-0.1, -0.05) is 18.2 Å². The quantitative estimate of drug-likeness (QED) is 0.547. The number of piperazine rings is 1. The van der Waals surface area contributed by atoms with Gasteiger partial charge in [-0.3, -0.25) is 4.79 Å². The average Bonchev–Trinajstić information content (AvgIpc) is 3.28. The van der Waals surface area contributed by atoms with Crippen LogP contribution in [0, 0.1) is 0 Å². The Morgan fingerprint density at radius 1 is 0.900 bits per heavy atom. The Balaban J connectivity index is 1.21. The van der Waals surface area contributed by atoms with Crippen LogP contribution >= 0.6 is 11.3 Å². The summed E-state index contributed by atoms with van der Waals surface area (Å²) in [5, 5.41) is 2.87. The highest BCUT2D eigenvalue weighted by Gasteiger charge is 2.19. The number of thiazole rings is 1. The molecule has 1 aliphatic heterocycles. The predicted molar refractivity (Wildman–Crippen MR) is 120 cm³/mol. The minimum absolute atomic E-state index is 0.182. The van der Waals surface area contributed by atoms with Crippen LogP contribution in [0.3, 0.4) is 0 Å². The number of nitrogens with one attached hydrogen (secondary N) is 1. The first-order valence-corrected chi connectivity index (χ1v) is 10.7. The molecule has 1 N–H and O–H groups in total. The first-order valence-electron chi connectivity index (χ1n) is 9.78. The van der Waals surface area contributed by atoms with Crippen molar-refractivity contribution in [2.45, 2.75) is 0 Å². The SMILES string of the molecule is O=C(Nc1cnc(N2CCN(c3ccccc3)CC2)nc1)c1ccc2ncsc2c1. The van der Waals surface area contributed by atoms with Crippen molar-refractivity contribution in [1.82, 2.24) is 15.0 Å². The second-order valence-corrected chi connectivity index (χ2v) is 7.96. The van der Waals surface area contributed by atoms with E-state index in [0.717, 1.165) is 36.4 Å². The molecular formula is C22H20N6OS. The van der Waals surface area contributed by atoms with Crippen LogP contribution < -0.4 is 15.1 Å². The van der Waals surface area contributed by atoms with Crippen LogP contribution in [0.25, 0.3) is 10.2 Å². The highest BCUT2D eigenvalue weighted by molar-refractivity contribution is 7.16. The summed E-state index contributed by atoms with van der Waals surface area (Å²) < 4.78 is 0.990. The van der Waals surface area contributed by atoms with Gasteiger partial charge in [-0.25, -0.2) is 15.0 Å². The highest BCUT2D eigenvalue weighted by Crippen LogP contribution is 2.21. The van der Waals surface area contributed by atoms with E-state index >= 15 is 0 Å². The largest absolute Gasteiger partial charge is 0.368 e. The third-order valence-corrected chi connectivity index (χ3v) is 5.97. The molecule has 0 bridgehead atoms. The molecule has 1 aliphatic rings. The smallest absolute Gasteiger partial charge is 0.255 e. The normalized spacial score (nSPS) is 14.1. The Morgan fingerprint density at radius 2 is 1.63 bits per heavy atom. The zero-order chi connectivity index (χ0) is 20.3. The topological polar surface area (TPSA) is 74.2 Å². The fourth-order valence-corrected chi connectivity index (χ4v) is 4.27. The molecule has 0 spiro atoms. The van der Waals surface area contributed by atoms with Crippen molar-refractivity contribution in [3.63, 3.8) is 0 Å². The lowest BCUT2D eigenvalue weighted by molar-refractivity contribution is 0.102. The molecule has 1 amide bonds. The monoisotopic (exact) mass is 416 g/mol. The number of hydrogen-bond acceptors (Lipinski definition) is 7. The fourth-order valence-electron chi connectivity index (χ4n) is 3.55. The summed E-state index contributed by atoms with van der Waals surface area (Å²) in [6, 6.07) is 15.9. The van der Waals surface area contributed by atoms with Crippen molar-refractivity contribution < 1.29 is 4.79 Å². The molecule has 3 heterocycles. The van der Waals surface area contributed by atoms with Crippen LogP contribution in [0.1, 0.15) is 10.4 Å². The number of fused-ring (bicyclic) bond motifs is 1. The van der Waals surface area contributed by atoms with Crippen molar-refractivity contribution >= 4 is 44.8 Å². The van der Waals surface area contributed by atoms with Crippen molar-refractivity contribution in [2.24, 2.45) is 0 Å². The zero-order valence-corrected chi connectivity index (χ0v) is 17.0. The Hall–Kier alpha value is -3.52. The third-order valence-electron chi connectivity index (χ3n) is 5.17. The predicted octanol–water partition coefficient (Wildman–Crippen LogP) is 3.67. The van der Waals surface area contributed by atoms with Gasteiger partial charge in [0.05, 0.1) is 33.8 Å². The Labute approximate surface area is 178 Å². The van der Waals surface area contributed by atoms with Crippen molar-refractivity contribution in [3.05, 3.63) is 72.0 Å². The number of anilines is 3. The molecule has 8 heteroatoms. The number of aromatic nitrogens is 3. The summed E-state index contributed by atoms with van der Waals surface area (Å²) in [5.74, 6) is 0.505. The van der Waals surface area contributed by atoms with E-state index in [9.17, 15) is 4.79 Å². The molecule has 7 nitrogen and oxygen atoms in total. The van der Waals surface area contributed by atoms with Gasteiger partial charge in [-0.15, -0.1) is 11.3 Å². The number of nitrogens with zero attached hydrogens (tertiary/aromatic N) is 5. The number of para-hydroxylation sites is 1. The van der Waals surface area contributed by atoms with Crippen molar-refractivity contribution in [2.75, 3.05) is 41.3 Å². The lowest BCUT2D eigenvalue weighted by atomic mass is 10.2. The van der Waals surface area contributed by atoms with Gasteiger partial charge in [0.1, 0.15) is 0 Å². The maximum atomic E-state index is 12.5. The van der Waals surface area contributed by atoms with Crippen LogP contribution in [0.4, 0.5) is 17.3 Å². The number of rotatable bonds is 4. The lowest BCUT2D eigenvalue weighted by Gasteiger charge is -2.36. The lowest BCUT2D eigenvalue weighted by Crippen LogP contribution is -2.47. The maximum absolute atomic E-state index is 12.5. The van der Waals surface area contributed by atoms with Crippen LogP contribution in [0.5, 0.6) is 0 Å². The van der Waals surface area contributed by atoms with E-state index in [1.54, 1.807) is 24.0 Å². The van der Waals surface area contributed by atoms with Crippen LogP contribution in [-0.4, -0.2) is 47.0 Å². The summed E-state index contributed by atoms with van der Waals surface area (Å²) in [6.45, 7) is 3.56. The van der Waals surface area contributed by atoms with Gasteiger partial charge in [-0.05, 0) is 30.3 Å². The van der Waals surface area contributed by atoms with E-state index in [1.807, 2.05) is 18.2 Å². The Kier molecular flexibility index (Phi) is 4.98. The second-order valence-electron chi connectivity index (χ2n) is 7.07. The summed E-state index contributed by atoms with van der Waals surface area (Å²) >= 11 is 1.52. The van der Waals surface area contributed by atoms with Gasteiger partial charge in [-0.2, -0.15) is 0 Å².